The third-order valence-corrected chi connectivity index (χ3v) is 5.13. The molecule has 1 amide bonds. The van der Waals surface area contributed by atoms with Crippen molar-refractivity contribution in [2.45, 2.75) is 19.9 Å². The molecule has 1 aliphatic heterocycles. The third kappa shape index (κ3) is 3.76. The molecule has 0 unspecified atom stereocenters. The van der Waals surface area contributed by atoms with Gasteiger partial charge in [0, 0.05) is 63.1 Å². The molecule has 1 fully saturated rings. The second-order valence-corrected chi connectivity index (χ2v) is 7.01. The predicted octanol–water partition coefficient (Wildman–Crippen LogP) is 3.32. The normalized spacial score (nSPS) is 14.3. The number of nitrogens with zero attached hydrogens (tertiary/aromatic N) is 5. The molecule has 144 valence electrons. The lowest BCUT2D eigenvalue weighted by atomic mass is 10.1. The molecule has 4 rings (SSSR count). The number of carbonyl (C=O) groups excluding carboxylic acids is 1. The number of pyridine rings is 2. The number of aryl methyl sites for hydroxylation is 1. The Morgan fingerprint density at radius 1 is 1.00 bits per heavy atom. The Kier molecular flexibility index (Phi) is 5.37. The van der Waals surface area contributed by atoms with Crippen LogP contribution in [-0.4, -0.2) is 51.5 Å². The van der Waals surface area contributed by atoms with Crippen molar-refractivity contribution < 1.29 is 4.79 Å². The van der Waals surface area contributed by atoms with Gasteiger partial charge in [-0.05, 0) is 42.3 Å². The van der Waals surface area contributed by atoms with E-state index in [4.69, 9.17) is 0 Å². The maximum atomic E-state index is 13.2. The Bertz CT molecular complexity index is 915. The number of amides is 1. The minimum atomic E-state index is 0.106. The Balaban J connectivity index is 1.51. The van der Waals surface area contributed by atoms with E-state index < -0.39 is 0 Å². The van der Waals surface area contributed by atoms with Gasteiger partial charge >= 0.3 is 0 Å². The summed E-state index contributed by atoms with van der Waals surface area (Å²) in [6.45, 7) is 5.98. The molecule has 0 aliphatic carbocycles. The van der Waals surface area contributed by atoms with Crippen molar-refractivity contribution in [3.05, 3.63) is 66.9 Å². The Morgan fingerprint density at radius 3 is 2.46 bits per heavy atom. The smallest absolute Gasteiger partial charge is 0.270 e. The van der Waals surface area contributed by atoms with E-state index in [1.807, 2.05) is 47.5 Å². The van der Waals surface area contributed by atoms with Crippen LogP contribution in [0, 0.1) is 0 Å². The highest BCUT2D eigenvalue weighted by Crippen LogP contribution is 2.23. The van der Waals surface area contributed by atoms with Gasteiger partial charge in [0.25, 0.3) is 5.91 Å². The zero-order valence-corrected chi connectivity index (χ0v) is 16.2. The molecule has 0 aromatic carbocycles. The molecule has 0 bridgehead atoms. The topological polar surface area (TPSA) is 54.3 Å². The molecule has 4 heterocycles. The Hall–Kier alpha value is -3.15. The van der Waals surface area contributed by atoms with Crippen LogP contribution in [0.4, 0.5) is 5.82 Å². The second kappa shape index (κ2) is 8.25. The SMILES string of the molecule is CCCn1cc(-c2ccncc2)cc1C(=O)N1CCN(c2ccccn2)CC1. The molecule has 1 aliphatic rings. The maximum absolute atomic E-state index is 13.2. The van der Waals surface area contributed by atoms with Gasteiger partial charge in [0.05, 0.1) is 0 Å². The predicted molar refractivity (Wildman–Crippen MR) is 110 cm³/mol. The molecule has 6 heteroatoms. The van der Waals surface area contributed by atoms with Crippen molar-refractivity contribution in [3.63, 3.8) is 0 Å². The first-order chi connectivity index (χ1) is 13.8. The fourth-order valence-electron chi connectivity index (χ4n) is 3.66. The highest BCUT2D eigenvalue weighted by atomic mass is 16.2. The van der Waals surface area contributed by atoms with Gasteiger partial charge in [-0.25, -0.2) is 4.98 Å². The Morgan fingerprint density at radius 2 is 1.79 bits per heavy atom. The van der Waals surface area contributed by atoms with Crippen LogP contribution in [0.3, 0.4) is 0 Å². The fraction of sp³-hybridized carbons (Fsp3) is 0.318. The van der Waals surface area contributed by atoms with E-state index in [2.05, 4.69) is 32.6 Å². The second-order valence-electron chi connectivity index (χ2n) is 7.01. The van der Waals surface area contributed by atoms with Crippen LogP contribution in [-0.2, 0) is 6.54 Å². The van der Waals surface area contributed by atoms with E-state index in [1.54, 1.807) is 12.4 Å². The van der Waals surface area contributed by atoms with Gasteiger partial charge in [-0.2, -0.15) is 0 Å². The zero-order valence-electron chi connectivity index (χ0n) is 16.2. The maximum Gasteiger partial charge on any atom is 0.270 e. The first kappa shape index (κ1) is 18.2. The average Bonchev–Trinajstić information content (AvgIpc) is 3.19. The zero-order chi connectivity index (χ0) is 19.3. The molecule has 0 atom stereocenters. The number of piperazine rings is 1. The molecular formula is C22H25N5O. The summed E-state index contributed by atoms with van der Waals surface area (Å²) in [5, 5.41) is 0. The van der Waals surface area contributed by atoms with Crippen molar-refractivity contribution in [3.8, 4) is 11.1 Å². The summed E-state index contributed by atoms with van der Waals surface area (Å²) in [5.41, 5.74) is 2.91. The first-order valence-corrected chi connectivity index (χ1v) is 9.82. The molecule has 1 saturated heterocycles. The van der Waals surface area contributed by atoms with Crippen LogP contribution in [0.15, 0.2) is 61.2 Å². The van der Waals surface area contributed by atoms with Crippen LogP contribution < -0.4 is 4.90 Å². The number of rotatable bonds is 5. The molecule has 0 N–H and O–H groups in total. The monoisotopic (exact) mass is 375 g/mol. The van der Waals surface area contributed by atoms with E-state index in [0.717, 1.165) is 48.7 Å². The lowest BCUT2D eigenvalue weighted by Crippen LogP contribution is -2.49. The Labute approximate surface area is 165 Å². The summed E-state index contributed by atoms with van der Waals surface area (Å²) in [7, 11) is 0. The summed E-state index contributed by atoms with van der Waals surface area (Å²) < 4.78 is 2.09. The molecule has 0 spiro atoms. The first-order valence-electron chi connectivity index (χ1n) is 9.82. The number of carbonyl (C=O) groups is 1. The fourth-order valence-corrected chi connectivity index (χ4v) is 3.66. The van der Waals surface area contributed by atoms with E-state index in [9.17, 15) is 4.79 Å². The molecule has 6 nitrogen and oxygen atoms in total. The van der Waals surface area contributed by atoms with Crippen molar-refractivity contribution in [2.75, 3.05) is 31.1 Å². The molecule has 0 radical (unpaired) electrons. The van der Waals surface area contributed by atoms with Crippen LogP contribution in [0.1, 0.15) is 23.8 Å². The minimum Gasteiger partial charge on any atom is -0.353 e. The van der Waals surface area contributed by atoms with E-state index in [0.29, 0.717) is 13.1 Å². The third-order valence-electron chi connectivity index (χ3n) is 5.13. The van der Waals surface area contributed by atoms with Crippen LogP contribution in [0.25, 0.3) is 11.1 Å². The summed E-state index contributed by atoms with van der Waals surface area (Å²) in [6.07, 6.45) is 8.44. The molecule has 28 heavy (non-hydrogen) atoms. The van der Waals surface area contributed by atoms with E-state index in [1.165, 1.54) is 0 Å². The van der Waals surface area contributed by atoms with Crippen molar-refractivity contribution in [1.82, 2.24) is 19.4 Å². The van der Waals surface area contributed by atoms with Gasteiger partial charge in [-0.1, -0.05) is 13.0 Å². The van der Waals surface area contributed by atoms with Crippen LogP contribution in [0.5, 0.6) is 0 Å². The molecule has 0 saturated carbocycles. The van der Waals surface area contributed by atoms with Gasteiger partial charge in [0.15, 0.2) is 0 Å². The number of aromatic nitrogens is 3. The number of anilines is 1. The summed E-state index contributed by atoms with van der Waals surface area (Å²) >= 11 is 0. The number of hydrogen-bond donors (Lipinski definition) is 0. The molecule has 3 aromatic rings. The van der Waals surface area contributed by atoms with Gasteiger partial charge in [-0.3, -0.25) is 9.78 Å². The van der Waals surface area contributed by atoms with Gasteiger partial charge in [0.1, 0.15) is 11.5 Å². The van der Waals surface area contributed by atoms with Crippen molar-refractivity contribution >= 4 is 11.7 Å². The lowest BCUT2D eigenvalue weighted by molar-refractivity contribution is 0.0735. The average molecular weight is 375 g/mol. The largest absolute Gasteiger partial charge is 0.353 e. The number of hydrogen-bond acceptors (Lipinski definition) is 4. The highest BCUT2D eigenvalue weighted by molar-refractivity contribution is 5.94. The highest BCUT2D eigenvalue weighted by Gasteiger charge is 2.25. The van der Waals surface area contributed by atoms with E-state index in [-0.39, 0.29) is 5.91 Å². The summed E-state index contributed by atoms with van der Waals surface area (Å²) in [4.78, 5) is 25.9. The summed E-state index contributed by atoms with van der Waals surface area (Å²) in [5.74, 6) is 1.08. The van der Waals surface area contributed by atoms with Crippen LogP contribution in [0.2, 0.25) is 0 Å². The quantitative estimate of drug-likeness (QED) is 0.686. The lowest BCUT2D eigenvalue weighted by Gasteiger charge is -2.35. The standard InChI is InChI=1S/C22H25N5O/c1-2-11-27-17-19(18-6-9-23-10-7-18)16-20(27)22(28)26-14-12-25(13-15-26)21-5-3-4-8-24-21/h3-10,16-17H,2,11-15H2,1H3. The van der Waals surface area contributed by atoms with E-state index >= 15 is 0 Å². The van der Waals surface area contributed by atoms with Gasteiger partial charge in [0.2, 0.25) is 0 Å². The minimum absolute atomic E-state index is 0.106. The summed E-state index contributed by atoms with van der Waals surface area (Å²) in [6, 6.07) is 11.9. The van der Waals surface area contributed by atoms with Gasteiger partial charge < -0.3 is 14.4 Å². The molecular weight excluding hydrogens is 350 g/mol. The van der Waals surface area contributed by atoms with Crippen LogP contribution >= 0.6 is 0 Å². The van der Waals surface area contributed by atoms with Crippen molar-refractivity contribution in [2.24, 2.45) is 0 Å². The molecule has 3 aromatic heterocycles. The van der Waals surface area contributed by atoms with Gasteiger partial charge in [-0.15, -0.1) is 0 Å². The van der Waals surface area contributed by atoms with Crippen molar-refractivity contribution in [1.29, 1.82) is 0 Å².